The van der Waals surface area contributed by atoms with Crippen molar-refractivity contribution < 1.29 is 18.7 Å². The summed E-state index contributed by atoms with van der Waals surface area (Å²) >= 11 is 12.0. The molecule has 0 N–H and O–H groups in total. The summed E-state index contributed by atoms with van der Waals surface area (Å²) in [5.74, 6) is -0.919. The van der Waals surface area contributed by atoms with Crippen molar-refractivity contribution in [2.24, 2.45) is 0 Å². The Morgan fingerprint density at radius 3 is 2.80 bits per heavy atom. The van der Waals surface area contributed by atoms with Crippen LogP contribution < -0.4 is 4.74 Å². The number of carbonyl (C=O) groups excluding carboxylic acids is 1. The number of methoxy groups -OCH3 is 1. The quantitative estimate of drug-likeness (QED) is 0.790. The molecule has 1 unspecified atom stereocenters. The summed E-state index contributed by atoms with van der Waals surface area (Å²) in [4.78, 5) is 14.4. The molecule has 132 valence electrons. The SMILES string of the molecule is COc1c(F)cccc1C(=O)N1CCOC(c2ccc(Cl)c(Cl)c2)C1. The number of carbonyl (C=O) groups is 1. The average Bonchev–Trinajstić information content (AvgIpc) is 2.63. The monoisotopic (exact) mass is 383 g/mol. The number of nitrogens with zero attached hydrogens (tertiary/aromatic N) is 1. The number of hydrogen-bond acceptors (Lipinski definition) is 3. The van der Waals surface area contributed by atoms with Crippen molar-refractivity contribution in [1.82, 2.24) is 4.90 Å². The van der Waals surface area contributed by atoms with Crippen LogP contribution in [0.1, 0.15) is 22.0 Å². The molecule has 0 bridgehead atoms. The zero-order chi connectivity index (χ0) is 18.0. The first-order chi connectivity index (χ1) is 12.0. The largest absolute Gasteiger partial charge is 0.493 e. The smallest absolute Gasteiger partial charge is 0.257 e. The minimum absolute atomic E-state index is 0.0509. The van der Waals surface area contributed by atoms with Gasteiger partial charge in [0.1, 0.15) is 6.10 Å². The lowest BCUT2D eigenvalue weighted by molar-refractivity contribution is -0.0229. The zero-order valence-electron chi connectivity index (χ0n) is 13.5. The van der Waals surface area contributed by atoms with E-state index in [0.717, 1.165) is 5.56 Å². The van der Waals surface area contributed by atoms with Crippen molar-refractivity contribution in [2.45, 2.75) is 6.10 Å². The van der Waals surface area contributed by atoms with Gasteiger partial charge in [-0.25, -0.2) is 4.39 Å². The molecule has 0 spiro atoms. The Morgan fingerprint density at radius 1 is 1.28 bits per heavy atom. The van der Waals surface area contributed by atoms with E-state index >= 15 is 0 Å². The highest BCUT2D eigenvalue weighted by molar-refractivity contribution is 6.42. The topological polar surface area (TPSA) is 38.8 Å². The van der Waals surface area contributed by atoms with Crippen molar-refractivity contribution >= 4 is 29.1 Å². The molecular weight excluding hydrogens is 368 g/mol. The van der Waals surface area contributed by atoms with Gasteiger partial charge in [-0.2, -0.15) is 0 Å². The molecule has 7 heteroatoms. The standard InChI is InChI=1S/C18H16Cl2FNO3/c1-24-17-12(3-2-4-15(17)21)18(23)22-7-8-25-16(10-22)11-5-6-13(19)14(20)9-11/h2-6,9,16H,7-8,10H2,1H3. The van der Waals surface area contributed by atoms with Crippen LogP contribution in [0.2, 0.25) is 10.0 Å². The van der Waals surface area contributed by atoms with Gasteiger partial charge in [0.05, 0.1) is 35.9 Å². The fraction of sp³-hybridized carbons (Fsp3) is 0.278. The molecule has 1 aliphatic heterocycles. The number of morpholine rings is 1. The summed E-state index contributed by atoms with van der Waals surface area (Å²) < 4.78 is 24.7. The summed E-state index contributed by atoms with van der Waals surface area (Å²) in [5.41, 5.74) is 1.02. The molecule has 1 heterocycles. The molecule has 1 aliphatic rings. The Balaban J connectivity index is 1.82. The molecule has 0 saturated carbocycles. The summed E-state index contributed by atoms with van der Waals surface area (Å²) in [6, 6.07) is 9.53. The minimum atomic E-state index is -0.567. The van der Waals surface area contributed by atoms with E-state index in [1.807, 2.05) is 6.07 Å². The maximum atomic E-state index is 13.9. The molecule has 1 atom stereocenters. The van der Waals surface area contributed by atoms with Gasteiger partial charge >= 0.3 is 0 Å². The van der Waals surface area contributed by atoms with E-state index in [9.17, 15) is 9.18 Å². The third kappa shape index (κ3) is 3.73. The Kier molecular flexibility index (Phi) is 5.47. The normalized spacial score (nSPS) is 17.4. The van der Waals surface area contributed by atoms with E-state index < -0.39 is 5.82 Å². The van der Waals surface area contributed by atoms with E-state index in [1.165, 1.54) is 19.2 Å². The summed E-state index contributed by atoms with van der Waals surface area (Å²) in [5, 5.41) is 0.886. The lowest BCUT2D eigenvalue weighted by Crippen LogP contribution is -2.42. The van der Waals surface area contributed by atoms with Gasteiger partial charge in [0.25, 0.3) is 5.91 Å². The first-order valence-corrected chi connectivity index (χ1v) is 8.45. The number of rotatable bonds is 3. The molecule has 2 aromatic rings. The van der Waals surface area contributed by atoms with Crippen LogP contribution in [-0.4, -0.2) is 37.6 Å². The van der Waals surface area contributed by atoms with Crippen molar-refractivity contribution in [1.29, 1.82) is 0 Å². The van der Waals surface area contributed by atoms with Gasteiger partial charge in [0, 0.05) is 6.54 Å². The molecule has 4 nitrogen and oxygen atoms in total. The van der Waals surface area contributed by atoms with Gasteiger partial charge in [-0.05, 0) is 29.8 Å². The number of para-hydroxylation sites is 1. The highest BCUT2D eigenvalue weighted by Gasteiger charge is 2.28. The van der Waals surface area contributed by atoms with Crippen molar-refractivity contribution in [3.63, 3.8) is 0 Å². The molecule has 1 saturated heterocycles. The molecule has 1 amide bonds. The predicted molar refractivity (Wildman–Crippen MR) is 94.0 cm³/mol. The Hall–Kier alpha value is -1.82. The minimum Gasteiger partial charge on any atom is -0.493 e. The fourth-order valence-electron chi connectivity index (χ4n) is 2.80. The third-order valence-electron chi connectivity index (χ3n) is 4.07. The number of benzene rings is 2. The van der Waals surface area contributed by atoms with Gasteiger partial charge < -0.3 is 14.4 Å². The van der Waals surface area contributed by atoms with E-state index in [1.54, 1.807) is 23.1 Å². The fourth-order valence-corrected chi connectivity index (χ4v) is 3.11. The van der Waals surface area contributed by atoms with Crippen molar-refractivity contribution in [3.05, 3.63) is 63.4 Å². The third-order valence-corrected chi connectivity index (χ3v) is 4.81. The highest BCUT2D eigenvalue weighted by Crippen LogP contribution is 2.30. The van der Waals surface area contributed by atoms with Gasteiger partial charge in [-0.1, -0.05) is 35.3 Å². The zero-order valence-corrected chi connectivity index (χ0v) is 15.0. The molecule has 1 fully saturated rings. The number of hydrogen-bond donors (Lipinski definition) is 0. The number of halogens is 3. The lowest BCUT2D eigenvalue weighted by Gasteiger charge is -2.33. The van der Waals surface area contributed by atoms with Gasteiger partial charge in [-0.15, -0.1) is 0 Å². The van der Waals surface area contributed by atoms with Crippen molar-refractivity contribution in [2.75, 3.05) is 26.8 Å². The van der Waals surface area contributed by atoms with Crippen LogP contribution >= 0.6 is 23.2 Å². The average molecular weight is 384 g/mol. The van der Waals surface area contributed by atoms with Crippen LogP contribution in [0.3, 0.4) is 0 Å². The number of amides is 1. The van der Waals surface area contributed by atoms with E-state index in [2.05, 4.69) is 0 Å². The van der Waals surface area contributed by atoms with Crippen LogP contribution in [-0.2, 0) is 4.74 Å². The summed E-state index contributed by atoms with van der Waals surface area (Å²) in [7, 11) is 1.34. The molecule has 0 aromatic heterocycles. The summed E-state index contributed by atoms with van der Waals surface area (Å²) in [6.07, 6.45) is -0.327. The first kappa shape index (κ1) is 18.0. The molecular formula is C18H16Cl2FNO3. The molecule has 2 aromatic carbocycles. The maximum absolute atomic E-state index is 13.9. The van der Waals surface area contributed by atoms with Gasteiger partial charge in [0.2, 0.25) is 0 Å². The molecule has 3 rings (SSSR count). The second-order valence-corrected chi connectivity index (χ2v) is 6.42. The second kappa shape index (κ2) is 7.60. The summed E-state index contributed by atoms with van der Waals surface area (Å²) in [6.45, 7) is 1.11. The van der Waals surface area contributed by atoms with Gasteiger partial charge in [-0.3, -0.25) is 4.79 Å². The number of ether oxygens (including phenoxy) is 2. The maximum Gasteiger partial charge on any atom is 0.257 e. The first-order valence-electron chi connectivity index (χ1n) is 7.69. The van der Waals surface area contributed by atoms with E-state index in [0.29, 0.717) is 29.7 Å². The highest BCUT2D eigenvalue weighted by atomic mass is 35.5. The van der Waals surface area contributed by atoms with E-state index in [-0.39, 0.29) is 23.3 Å². The van der Waals surface area contributed by atoms with E-state index in [4.69, 9.17) is 32.7 Å². The van der Waals surface area contributed by atoms with Crippen LogP contribution in [0.4, 0.5) is 4.39 Å². The van der Waals surface area contributed by atoms with Crippen LogP contribution in [0.15, 0.2) is 36.4 Å². The Bertz CT molecular complexity index is 800. The van der Waals surface area contributed by atoms with Gasteiger partial charge in [0.15, 0.2) is 11.6 Å². The Labute approximate surface area is 155 Å². The predicted octanol–water partition coefficient (Wildman–Crippen LogP) is 4.35. The van der Waals surface area contributed by atoms with Crippen molar-refractivity contribution in [3.8, 4) is 5.75 Å². The van der Waals surface area contributed by atoms with Crippen LogP contribution in [0.5, 0.6) is 5.75 Å². The lowest BCUT2D eigenvalue weighted by atomic mass is 10.1. The molecule has 25 heavy (non-hydrogen) atoms. The second-order valence-electron chi connectivity index (χ2n) is 5.60. The van der Waals surface area contributed by atoms with Crippen LogP contribution in [0.25, 0.3) is 0 Å². The Morgan fingerprint density at radius 2 is 2.08 bits per heavy atom. The van der Waals surface area contributed by atoms with Crippen LogP contribution in [0, 0.1) is 5.82 Å². The molecule has 0 radical (unpaired) electrons. The molecule has 0 aliphatic carbocycles.